The van der Waals surface area contributed by atoms with E-state index in [1.807, 2.05) is 12.1 Å². The van der Waals surface area contributed by atoms with Crippen molar-refractivity contribution in [2.24, 2.45) is 0 Å². The van der Waals surface area contributed by atoms with Crippen molar-refractivity contribution in [3.05, 3.63) is 40.6 Å². The van der Waals surface area contributed by atoms with Crippen molar-refractivity contribution in [3.63, 3.8) is 0 Å². The summed E-state index contributed by atoms with van der Waals surface area (Å²) in [5.74, 6) is 0. The highest BCUT2D eigenvalue weighted by Gasteiger charge is 2.12. The van der Waals surface area contributed by atoms with Crippen LogP contribution < -0.4 is 0 Å². The molecule has 0 bridgehead atoms. The van der Waals surface area contributed by atoms with Gasteiger partial charge >= 0.3 is 0 Å². The lowest BCUT2D eigenvalue weighted by Crippen LogP contribution is -1.82. The summed E-state index contributed by atoms with van der Waals surface area (Å²) in [4.78, 5) is 0. The summed E-state index contributed by atoms with van der Waals surface area (Å²) in [6.45, 7) is 0. The van der Waals surface area contributed by atoms with Crippen LogP contribution in [-0.2, 0) is 0 Å². The van der Waals surface area contributed by atoms with E-state index in [0.717, 1.165) is 33.1 Å². The predicted molar refractivity (Wildman–Crippen MR) is 81.3 cm³/mol. The highest BCUT2D eigenvalue weighted by Crippen LogP contribution is 2.42. The second-order valence-corrected chi connectivity index (χ2v) is 6.88. The van der Waals surface area contributed by atoms with Crippen LogP contribution in [0.3, 0.4) is 0 Å². The Bertz CT molecular complexity index is 539. The largest absolute Gasteiger partial charge is 0.0520 e. The Labute approximate surface area is 129 Å². The molecule has 0 spiro atoms. The fourth-order valence-corrected chi connectivity index (χ4v) is 4.12. The number of fused-ring (bicyclic) bond motifs is 1. The van der Waals surface area contributed by atoms with Crippen molar-refractivity contribution in [2.75, 3.05) is 0 Å². The Kier molecular flexibility index (Phi) is 3.99. The molecule has 5 heteroatoms. The lowest BCUT2D eigenvalue weighted by molar-refractivity contribution is 1.56. The zero-order valence-electron chi connectivity index (χ0n) is 7.04. The number of benzene rings is 2. The number of hydrogen-bond acceptors (Lipinski definition) is 0. The maximum absolute atomic E-state index is 3.57. The van der Waals surface area contributed by atoms with Crippen LogP contribution in [0.1, 0.15) is 0 Å². The van der Waals surface area contributed by atoms with Crippen LogP contribution in [0.5, 0.6) is 0 Å². The molecule has 0 aliphatic rings. The molecule has 0 N–H and O–H groups in total. The molecule has 1 radical (unpaired) electrons. The van der Waals surface area contributed by atoms with E-state index in [-0.39, 0.29) is 0 Å². The Morgan fingerprint density at radius 1 is 0.800 bits per heavy atom. The molecule has 0 amide bonds. The second kappa shape index (κ2) is 4.77. The molecule has 77 valence electrons. The van der Waals surface area contributed by atoms with Crippen LogP contribution in [0.4, 0.5) is 0 Å². The Morgan fingerprint density at radius 2 is 1.47 bits per heavy atom. The van der Waals surface area contributed by atoms with Crippen molar-refractivity contribution < 1.29 is 0 Å². The van der Waals surface area contributed by atoms with Gasteiger partial charge in [-0.3, -0.25) is 0 Å². The monoisotopic (exact) mass is 517 g/mol. The SMILES string of the molecule is Brc1[c]c(Br)c2ccc(Br)c(Br)c2c1Br. The first kappa shape index (κ1) is 12.6. The molecule has 2 rings (SSSR count). The molecule has 15 heavy (non-hydrogen) atoms. The van der Waals surface area contributed by atoms with Gasteiger partial charge in [0.25, 0.3) is 0 Å². The third-order valence-electron chi connectivity index (χ3n) is 1.96. The van der Waals surface area contributed by atoms with Gasteiger partial charge in [-0.05, 0) is 91.1 Å². The molecule has 2 aromatic carbocycles. The maximum Gasteiger partial charge on any atom is 0.0415 e. The van der Waals surface area contributed by atoms with Crippen molar-refractivity contribution >= 4 is 90.4 Å². The third-order valence-corrected chi connectivity index (χ3v) is 6.52. The van der Waals surface area contributed by atoms with Crippen molar-refractivity contribution in [1.29, 1.82) is 0 Å². The molecule has 0 aromatic heterocycles. The van der Waals surface area contributed by atoms with Gasteiger partial charge in [-0.1, -0.05) is 6.07 Å². The minimum absolute atomic E-state index is 0.903. The van der Waals surface area contributed by atoms with Crippen LogP contribution in [-0.4, -0.2) is 0 Å². The minimum atomic E-state index is 0.903. The van der Waals surface area contributed by atoms with Crippen molar-refractivity contribution in [3.8, 4) is 0 Å². The standard InChI is InChI=1S/C10H2Br5/c11-5-2-1-4-6(12)3-7(13)10(15)8(4)9(5)14/h1-2H. The fraction of sp³-hybridized carbons (Fsp3) is 0. The normalized spacial score (nSPS) is 11.0. The topological polar surface area (TPSA) is 0 Å². The van der Waals surface area contributed by atoms with Crippen LogP contribution in [0.2, 0.25) is 0 Å². The second-order valence-electron chi connectivity index (χ2n) is 2.85. The predicted octanol–water partition coefficient (Wildman–Crippen LogP) is 6.45. The molecule has 0 heterocycles. The minimum Gasteiger partial charge on any atom is -0.0520 e. The summed E-state index contributed by atoms with van der Waals surface area (Å²) in [5.41, 5.74) is 0. The van der Waals surface area contributed by atoms with E-state index in [1.165, 1.54) is 0 Å². The van der Waals surface area contributed by atoms with Crippen LogP contribution in [0, 0.1) is 6.07 Å². The summed E-state index contributed by atoms with van der Waals surface area (Å²) in [6.07, 6.45) is 0. The zero-order valence-corrected chi connectivity index (χ0v) is 15.0. The summed E-state index contributed by atoms with van der Waals surface area (Å²) < 4.78 is 4.90. The molecule has 0 aliphatic heterocycles. The molecular formula is C10H2Br5. The molecule has 0 nitrogen and oxygen atoms in total. The quantitative estimate of drug-likeness (QED) is 0.350. The van der Waals surface area contributed by atoms with Crippen LogP contribution in [0.25, 0.3) is 10.8 Å². The highest BCUT2D eigenvalue weighted by molar-refractivity contribution is 9.14. The van der Waals surface area contributed by atoms with E-state index in [1.54, 1.807) is 0 Å². The smallest absolute Gasteiger partial charge is 0.0415 e. The highest BCUT2D eigenvalue weighted by atomic mass is 79.9. The van der Waals surface area contributed by atoms with Gasteiger partial charge in [-0.15, -0.1) is 0 Å². The van der Waals surface area contributed by atoms with Crippen molar-refractivity contribution in [1.82, 2.24) is 0 Å². The molecule has 0 atom stereocenters. The van der Waals surface area contributed by atoms with Gasteiger partial charge in [0.1, 0.15) is 0 Å². The molecule has 0 saturated carbocycles. The van der Waals surface area contributed by atoms with E-state index in [2.05, 4.69) is 85.7 Å². The number of rotatable bonds is 0. The summed E-state index contributed by atoms with van der Waals surface area (Å²) in [6, 6.07) is 7.23. The van der Waals surface area contributed by atoms with Gasteiger partial charge in [0.15, 0.2) is 0 Å². The van der Waals surface area contributed by atoms with Crippen LogP contribution in [0.15, 0.2) is 34.5 Å². The van der Waals surface area contributed by atoms with E-state index < -0.39 is 0 Å². The molecule has 0 fully saturated rings. The summed E-state index contributed by atoms with van der Waals surface area (Å²) in [7, 11) is 0. The average molecular weight is 522 g/mol. The van der Waals surface area contributed by atoms with Crippen LogP contribution >= 0.6 is 79.6 Å². The molecule has 2 aromatic rings. The zero-order chi connectivity index (χ0) is 11.2. The average Bonchev–Trinajstić information content (AvgIpc) is 2.19. The molecular weight excluding hydrogens is 520 g/mol. The van der Waals surface area contributed by atoms with Gasteiger partial charge < -0.3 is 0 Å². The summed E-state index contributed by atoms with van der Waals surface area (Å²) >= 11 is 17.6. The van der Waals surface area contributed by atoms with E-state index in [0.29, 0.717) is 0 Å². The van der Waals surface area contributed by atoms with Gasteiger partial charge in [-0.2, -0.15) is 0 Å². The third kappa shape index (κ3) is 2.23. The van der Waals surface area contributed by atoms with E-state index in [4.69, 9.17) is 0 Å². The number of hydrogen-bond donors (Lipinski definition) is 0. The summed E-state index contributed by atoms with van der Waals surface area (Å²) in [5, 5.41) is 2.22. The maximum atomic E-state index is 3.57. The number of halogens is 5. The fourth-order valence-electron chi connectivity index (χ4n) is 1.28. The first-order valence-electron chi connectivity index (χ1n) is 3.86. The lowest BCUT2D eigenvalue weighted by Gasteiger charge is -2.08. The molecule has 0 saturated heterocycles. The lowest BCUT2D eigenvalue weighted by atomic mass is 10.1. The Balaban J connectivity index is 3.04. The van der Waals surface area contributed by atoms with Gasteiger partial charge in [0.05, 0.1) is 0 Å². The van der Waals surface area contributed by atoms with Crippen molar-refractivity contribution in [2.45, 2.75) is 0 Å². The first-order valence-corrected chi connectivity index (χ1v) is 7.82. The van der Waals surface area contributed by atoms with Gasteiger partial charge in [0.2, 0.25) is 0 Å². The van der Waals surface area contributed by atoms with Gasteiger partial charge in [0, 0.05) is 33.8 Å². The van der Waals surface area contributed by atoms with Gasteiger partial charge in [-0.25, -0.2) is 0 Å². The Hall–Kier alpha value is 1.10. The molecule has 0 unspecified atom stereocenters. The van der Waals surface area contributed by atoms with E-state index >= 15 is 0 Å². The first-order chi connectivity index (χ1) is 7.02. The Morgan fingerprint density at radius 3 is 2.13 bits per heavy atom. The van der Waals surface area contributed by atoms with E-state index in [9.17, 15) is 0 Å². The molecule has 0 aliphatic carbocycles.